The Morgan fingerprint density at radius 2 is 2.50 bits per heavy atom. The van der Waals surface area contributed by atoms with Crippen LogP contribution in [0.15, 0.2) is 11.1 Å². The normalized spacial score (nSPS) is 22.4. The van der Waals surface area contributed by atoms with Crippen molar-refractivity contribution in [1.82, 2.24) is 9.97 Å². The zero-order valence-electron chi connectivity index (χ0n) is 8.98. The Bertz CT molecular complexity index is 432. The SMILES string of the molecule is CC(O)C1CCN(c2nc[nH]c(=O)c2Cl)C1. The average molecular weight is 244 g/mol. The highest BCUT2D eigenvalue weighted by Crippen LogP contribution is 2.27. The summed E-state index contributed by atoms with van der Waals surface area (Å²) in [5.41, 5.74) is -0.327. The smallest absolute Gasteiger partial charge is 0.271 e. The topological polar surface area (TPSA) is 69.2 Å². The number of hydrogen-bond donors (Lipinski definition) is 2. The molecule has 1 fully saturated rings. The van der Waals surface area contributed by atoms with Crippen LogP contribution < -0.4 is 10.5 Å². The molecule has 0 radical (unpaired) electrons. The van der Waals surface area contributed by atoms with E-state index < -0.39 is 0 Å². The fourth-order valence-corrected chi connectivity index (χ4v) is 2.19. The van der Waals surface area contributed by atoms with Gasteiger partial charge < -0.3 is 15.0 Å². The van der Waals surface area contributed by atoms with E-state index in [1.165, 1.54) is 6.33 Å². The summed E-state index contributed by atoms with van der Waals surface area (Å²) in [5, 5.41) is 9.61. The van der Waals surface area contributed by atoms with E-state index in [-0.39, 0.29) is 22.6 Å². The van der Waals surface area contributed by atoms with Gasteiger partial charge in [0.15, 0.2) is 5.82 Å². The highest BCUT2D eigenvalue weighted by Gasteiger charge is 2.28. The lowest BCUT2D eigenvalue weighted by Crippen LogP contribution is -2.26. The van der Waals surface area contributed by atoms with Gasteiger partial charge in [-0.1, -0.05) is 11.6 Å². The molecule has 2 unspecified atom stereocenters. The van der Waals surface area contributed by atoms with E-state index in [0.29, 0.717) is 12.4 Å². The molecule has 0 aliphatic carbocycles. The molecule has 88 valence electrons. The zero-order valence-corrected chi connectivity index (χ0v) is 9.74. The summed E-state index contributed by atoms with van der Waals surface area (Å²) in [5.74, 6) is 0.728. The van der Waals surface area contributed by atoms with Gasteiger partial charge in [0.25, 0.3) is 5.56 Å². The van der Waals surface area contributed by atoms with Crippen LogP contribution in [0.4, 0.5) is 5.82 Å². The van der Waals surface area contributed by atoms with Gasteiger partial charge >= 0.3 is 0 Å². The molecule has 0 saturated carbocycles. The lowest BCUT2D eigenvalue weighted by atomic mass is 10.0. The van der Waals surface area contributed by atoms with Crippen LogP contribution in [-0.2, 0) is 0 Å². The van der Waals surface area contributed by atoms with Crippen molar-refractivity contribution in [3.8, 4) is 0 Å². The first-order valence-corrected chi connectivity index (χ1v) is 5.63. The molecule has 2 rings (SSSR count). The maximum Gasteiger partial charge on any atom is 0.271 e. The third-order valence-electron chi connectivity index (χ3n) is 2.98. The van der Waals surface area contributed by atoms with Crippen LogP contribution in [-0.4, -0.2) is 34.3 Å². The van der Waals surface area contributed by atoms with Gasteiger partial charge in [0.2, 0.25) is 0 Å². The minimum absolute atomic E-state index is 0.119. The Balaban J connectivity index is 2.21. The van der Waals surface area contributed by atoms with Gasteiger partial charge in [-0.05, 0) is 13.3 Å². The molecule has 1 aromatic rings. The van der Waals surface area contributed by atoms with E-state index >= 15 is 0 Å². The molecule has 2 atom stereocenters. The Hall–Kier alpha value is -1.07. The third-order valence-corrected chi connectivity index (χ3v) is 3.33. The largest absolute Gasteiger partial charge is 0.393 e. The summed E-state index contributed by atoms with van der Waals surface area (Å²) in [7, 11) is 0. The van der Waals surface area contributed by atoms with Crippen LogP contribution in [0.2, 0.25) is 5.02 Å². The minimum atomic E-state index is -0.342. The number of aliphatic hydroxyl groups is 1. The standard InChI is InChI=1S/C10H14ClN3O2/c1-6(15)7-2-3-14(4-7)9-8(11)10(16)13-5-12-9/h5-7,15H,2-4H2,1H3,(H,12,13,16). The van der Waals surface area contributed by atoms with Crippen molar-refractivity contribution >= 4 is 17.4 Å². The zero-order chi connectivity index (χ0) is 11.7. The number of anilines is 1. The predicted molar refractivity (Wildman–Crippen MR) is 61.9 cm³/mol. The monoisotopic (exact) mass is 243 g/mol. The van der Waals surface area contributed by atoms with E-state index in [1.54, 1.807) is 6.92 Å². The quantitative estimate of drug-likeness (QED) is 0.800. The number of H-pyrrole nitrogens is 1. The maximum atomic E-state index is 11.3. The molecule has 1 saturated heterocycles. The first-order valence-electron chi connectivity index (χ1n) is 5.26. The van der Waals surface area contributed by atoms with Crippen molar-refractivity contribution in [3.63, 3.8) is 0 Å². The van der Waals surface area contributed by atoms with Crippen LogP contribution >= 0.6 is 11.6 Å². The Kier molecular flexibility index (Phi) is 3.16. The van der Waals surface area contributed by atoms with Gasteiger partial charge in [-0.15, -0.1) is 0 Å². The summed E-state index contributed by atoms with van der Waals surface area (Å²) in [6.45, 7) is 3.24. The van der Waals surface area contributed by atoms with Gasteiger partial charge in [-0.3, -0.25) is 4.79 Å². The van der Waals surface area contributed by atoms with Gasteiger partial charge in [-0.2, -0.15) is 0 Å². The summed E-state index contributed by atoms with van der Waals surface area (Å²) < 4.78 is 0. The third kappa shape index (κ3) is 2.05. The first kappa shape index (κ1) is 11.4. The molecular formula is C10H14ClN3O2. The molecule has 2 N–H and O–H groups in total. The highest BCUT2D eigenvalue weighted by molar-refractivity contribution is 6.32. The summed E-state index contributed by atoms with van der Waals surface area (Å²) >= 11 is 5.89. The molecule has 0 aromatic carbocycles. The van der Waals surface area contributed by atoms with E-state index in [4.69, 9.17) is 11.6 Å². The Morgan fingerprint density at radius 3 is 3.12 bits per heavy atom. The number of halogens is 1. The van der Waals surface area contributed by atoms with Crippen molar-refractivity contribution in [2.24, 2.45) is 5.92 Å². The number of nitrogens with one attached hydrogen (secondary N) is 1. The fourth-order valence-electron chi connectivity index (χ4n) is 1.97. The fraction of sp³-hybridized carbons (Fsp3) is 0.600. The van der Waals surface area contributed by atoms with Gasteiger partial charge in [0.1, 0.15) is 5.02 Å². The van der Waals surface area contributed by atoms with Gasteiger partial charge in [-0.25, -0.2) is 4.98 Å². The van der Waals surface area contributed by atoms with E-state index in [9.17, 15) is 9.90 Å². The Labute approximate surface area is 98.1 Å². The van der Waals surface area contributed by atoms with Crippen molar-refractivity contribution in [2.45, 2.75) is 19.4 Å². The van der Waals surface area contributed by atoms with Crippen LogP contribution in [0, 0.1) is 5.92 Å². The number of nitrogens with zero attached hydrogens (tertiary/aromatic N) is 2. The van der Waals surface area contributed by atoms with Crippen LogP contribution in [0.1, 0.15) is 13.3 Å². The highest BCUT2D eigenvalue weighted by atomic mass is 35.5. The maximum absolute atomic E-state index is 11.3. The predicted octanol–water partition coefficient (Wildman–Crippen LogP) is 0.630. The van der Waals surface area contributed by atoms with Crippen molar-refractivity contribution in [1.29, 1.82) is 0 Å². The number of aliphatic hydroxyl groups excluding tert-OH is 1. The molecule has 1 aliphatic rings. The number of hydrogen-bond acceptors (Lipinski definition) is 4. The summed E-state index contributed by atoms with van der Waals surface area (Å²) in [4.78, 5) is 19.7. The molecule has 1 aliphatic heterocycles. The molecular weight excluding hydrogens is 230 g/mol. The minimum Gasteiger partial charge on any atom is -0.393 e. The van der Waals surface area contributed by atoms with E-state index in [1.807, 2.05) is 4.90 Å². The van der Waals surface area contributed by atoms with E-state index in [2.05, 4.69) is 9.97 Å². The number of aromatic amines is 1. The van der Waals surface area contributed by atoms with Crippen molar-refractivity contribution < 1.29 is 5.11 Å². The van der Waals surface area contributed by atoms with Crippen LogP contribution in [0.25, 0.3) is 0 Å². The molecule has 16 heavy (non-hydrogen) atoms. The second-order valence-corrected chi connectivity index (χ2v) is 4.48. The van der Waals surface area contributed by atoms with Crippen molar-refractivity contribution in [2.75, 3.05) is 18.0 Å². The van der Waals surface area contributed by atoms with Gasteiger partial charge in [0.05, 0.1) is 12.4 Å². The van der Waals surface area contributed by atoms with Gasteiger partial charge in [0, 0.05) is 19.0 Å². The molecule has 0 spiro atoms. The molecule has 6 heteroatoms. The molecule has 5 nitrogen and oxygen atoms in total. The molecule has 1 aromatic heterocycles. The average Bonchev–Trinajstić information content (AvgIpc) is 2.71. The number of rotatable bonds is 2. The molecule has 0 bridgehead atoms. The van der Waals surface area contributed by atoms with Crippen molar-refractivity contribution in [3.05, 3.63) is 21.7 Å². The first-order chi connectivity index (χ1) is 7.59. The molecule has 0 amide bonds. The Morgan fingerprint density at radius 1 is 1.75 bits per heavy atom. The van der Waals surface area contributed by atoms with Crippen LogP contribution in [0.5, 0.6) is 0 Å². The lowest BCUT2D eigenvalue weighted by molar-refractivity contribution is 0.136. The lowest BCUT2D eigenvalue weighted by Gasteiger charge is -2.18. The van der Waals surface area contributed by atoms with E-state index in [0.717, 1.165) is 13.0 Å². The van der Waals surface area contributed by atoms with Crippen LogP contribution in [0.3, 0.4) is 0 Å². The summed E-state index contributed by atoms with van der Waals surface area (Å²) in [6, 6.07) is 0. The molecule has 2 heterocycles. The summed E-state index contributed by atoms with van der Waals surface area (Å²) in [6.07, 6.45) is 1.90. The second kappa shape index (κ2) is 4.43. The number of aromatic nitrogens is 2. The second-order valence-electron chi connectivity index (χ2n) is 4.10.